The summed E-state index contributed by atoms with van der Waals surface area (Å²) in [6, 6.07) is 13.5. The van der Waals surface area contributed by atoms with Crippen molar-refractivity contribution in [2.75, 3.05) is 7.11 Å². The van der Waals surface area contributed by atoms with Gasteiger partial charge in [-0.2, -0.15) is 14.0 Å². The normalized spacial score (nSPS) is 10.6. The molecule has 0 aliphatic rings. The molecule has 0 aliphatic carbocycles. The molecule has 0 N–H and O–H groups in total. The molecule has 7 heteroatoms. The number of alkyl halides is 2. The van der Waals surface area contributed by atoms with E-state index in [9.17, 15) is 8.78 Å². The molecule has 0 saturated heterocycles. The molecule has 24 heavy (non-hydrogen) atoms. The first-order valence-corrected chi connectivity index (χ1v) is 6.90. The van der Waals surface area contributed by atoms with Gasteiger partial charge in [0, 0.05) is 11.1 Å². The summed E-state index contributed by atoms with van der Waals surface area (Å²) in [4.78, 5) is 5.16. The van der Waals surface area contributed by atoms with Gasteiger partial charge in [-0.3, -0.25) is 0 Å². The molecular weight excluding hydrogens is 318 g/mol. The number of oxime groups is 1. The lowest BCUT2D eigenvalue weighted by atomic mass is 10.1. The molecule has 0 amide bonds. The van der Waals surface area contributed by atoms with Gasteiger partial charge in [0.2, 0.25) is 0 Å². The summed E-state index contributed by atoms with van der Waals surface area (Å²) in [5.41, 5.74) is 1.82. The van der Waals surface area contributed by atoms with Crippen molar-refractivity contribution < 1.29 is 23.1 Å². The van der Waals surface area contributed by atoms with Gasteiger partial charge in [0.1, 0.15) is 6.61 Å². The first-order chi connectivity index (χ1) is 11.6. The molecule has 0 spiro atoms. The maximum absolute atomic E-state index is 12.3. The first kappa shape index (κ1) is 17.2. The Morgan fingerprint density at radius 2 is 2.00 bits per heavy atom. The lowest BCUT2D eigenvalue weighted by Gasteiger charge is -2.09. The van der Waals surface area contributed by atoms with E-state index >= 15 is 0 Å². The SMILES string of the molecule is COc1cc(/C=N/OCc2ccccc2C#N)ccc1OC(F)F. The second-order valence-corrected chi connectivity index (χ2v) is 4.57. The second kappa shape index (κ2) is 8.48. The van der Waals surface area contributed by atoms with E-state index in [1.807, 2.05) is 0 Å². The van der Waals surface area contributed by atoms with E-state index in [1.165, 1.54) is 31.5 Å². The molecule has 0 unspecified atom stereocenters. The Morgan fingerprint density at radius 3 is 2.71 bits per heavy atom. The van der Waals surface area contributed by atoms with Crippen molar-refractivity contribution in [2.24, 2.45) is 5.16 Å². The molecule has 0 aliphatic heterocycles. The molecule has 2 aromatic rings. The largest absolute Gasteiger partial charge is 0.493 e. The Balaban J connectivity index is 2.00. The van der Waals surface area contributed by atoms with Gasteiger partial charge in [-0.1, -0.05) is 23.4 Å². The van der Waals surface area contributed by atoms with Crippen LogP contribution in [0.2, 0.25) is 0 Å². The lowest BCUT2D eigenvalue weighted by molar-refractivity contribution is -0.0512. The van der Waals surface area contributed by atoms with Crippen molar-refractivity contribution in [3.8, 4) is 17.6 Å². The third kappa shape index (κ3) is 4.68. The molecule has 0 bridgehead atoms. The maximum Gasteiger partial charge on any atom is 0.387 e. The molecule has 0 fully saturated rings. The topological polar surface area (TPSA) is 63.8 Å². The van der Waals surface area contributed by atoms with Gasteiger partial charge in [-0.05, 0) is 24.3 Å². The highest BCUT2D eigenvalue weighted by Crippen LogP contribution is 2.28. The Bertz CT molecular complexity index is 758. The van der Waals surface area contributed by atoms with Crippen LogP contribution < -0.4 is 9.47 Å². The van der Waals surface area contributed by atoms with Crippen LogP contribution in [0, 0.1) is 11.3 Å². The zero-order valence-corrected chi connectivity index (χ0v) is 12.8. The van der Waals surface area contributed by atoms with Crippen molar-refractivity contribution >= 4 is 6.21 Å². The van der Waals surface area contributed by atoms with Crippen molar-refractivity contribution in [3.05, 3.63) is 59.2 Å². The smallest absolute Gasteiger partial charge is 0.387 e. The van der Waals surface area contributed by atoms with Gasteiger partial charge in [-0.25, -0.2) is 0 Å². The average Bonchev–Trinajstić information content (AvgIpc) is 2.59. The number of ether oxygens (including phenoxy) is 2. The summed E-state index contributed by atoms with van der Waals surface area (Å²) in [5.74, 6) is 0.0996. The highest BCUT2D eigenvalue weighted by atomic mass is 19.3. The summed E-state index contributed by atoms with van der Waals surface area (Å²) in [5, 5.41) is 12.8. The van der Waals surface area contributed by atoms with Crippen molar-refractivity contribution in [3.63, 3.8) is 0 Å². The van der Waals surface area contributed by atoms with E-state index in [2.05, 4.69) is 16.0 Å². The fourth-order valence-electron chi connectivity index (χ4n) is 1.92. The number of hydrogen-bond acceptors (Lipinski definition) is 5. The second-order valence-electron chi connectivity index (χ2n) is 4.57. The molecule has 0 heterocycles. The predicted molar refractivity (Wildman–Crippen MR) is 83.2 cm³/mol. The van der Waals surface area contributed by atoms with Gasteiger partial charge in [-0.15, -0.1) is 0 Å². The van der Waals surface area contributed by atoms with Gasteiger partial charge in [0.15, 0.2) is 11.5 Å². The monoisotopic (exact) mass is 332 g/mol. The quantitative estimate of drug-likeness (QED) is 0.572. The summed E-state index contributed by atoms with van der Waals surface area (Å²) < 4.78 is 33.9. The van der Waals surface area contributed by atoms with Crippen LogP contribution in [0.15, 0.2) is 47.6 Å². The summed E-state index contributed by atoms with van der Waals surface area (Å²) in [7, 11) is 1.35. The first-order valence-electron chi connectivity index (χ1n) is 6.90. The molecule has 124 valence electrons. The Morgan fingerprint density at radius 1 is 1.21 bits per heavy atom. The average molecular weight is 332 g/mol. The third-order valence-electron chi connectivity index (χ3n) is 3.04. The molecule has 0 atom stereocenters. The molecular formula is C17H14F2N2O3. The Kier molecular flexibility index (Phi) is 6.08. The van der Waals surface area contributed by atoms with Crippen molar-refractivity contribution in [2.45, 2.75) is 13.2 Å². The van der Waals surface area contributed by atoms with E-state index in [4.69, 9.17) is 14.8 Å². The molecule has 0 aromatic heterocycles. The number of rotatable bonds is 7. The van der Waals surface area contributed by atoms with E-state index in [1.54, 1.807) is 24.3 Å². The molecule has 0 saturated carbocycles. The Labute approximate surface area is 137 Å². The van der Waals surface area contributed by atoms with Crippen LogP contribution in [0.1, 0.15) is 16.7 Å². The van der Waals surface area contributed by atoms with Crippen LogP contribution in [-0.4, -0.2) is 19.9 Å². The fraction of sp³-hybridized carbons (Fsp3) is 0.176. The van der Waals surface area contributed by atoms with Crippen LogP contribution in [-0.2, 0) is 11.4 Å². The molecule has 2 aromatic carbocycles. The summed E-state index contributed by atoms with van der Waals surface area (Å²) >= 11 is 0. The van der Waals surface area contributed by atoms with Gasteiger partial charge in [0.25, 0.3) is 0 Å². The van der Waals surface area contributed by atoms with Crippen LogP contribution in [0.25, 0.3) is 0 Å². The third-order valence-corrected chi connectivity index (χ3v) is 3.04. The van der Waals surface area contributed by atoms with Crippen LogP contribution in [0.5, 0.6) is 11.5 Å². The number of nitriles is 1. The molecule has 0 radical (unpaired) electrons. The van der Waals surface area contributed by atoms with Crippen LogP contribution in [0.3, 0.4) is 0 Å². The predicted octanol–water partition coefficient (Wildman–Crippen LogP) is 3.72. The van der Waals surface area contributed by atoms with Crippen molar-refractivity contribution in [1.29, 1.82) is 5.26 Å². The minimum Gasteiger partial charge on any atom is -0.493 e. The molecule has 2 rings (SSSR count). The van der Waals surface area contributed by atoms with Gasteiger partial charge >= 0.3 is 6.61 Å². The van der Waals surface area contributed by atoms with E-state index in [0.717, 1.165) is 5.56 Å². The number of hydrogen-bond donors (Lipinski definition) is 0. The number of methoxy groups -OCH3 is 1. The van der Waals surface area contributed by atoms with Gasteiger partial charge < -0.3 is 14.3 Å². The maximum atomic E-state index is 12.3. The zero-order valence-electron chi connectivity index (χ0n) is 12.8. The van der Waals surface area contributed by atoms with Crippen LogP contribution in [0.4, 0.5) is 8.78 Å². The zero-order chi connectivity index (χ0) is 17.4. The van der Waals surface area contributed by atoms with E-state index < -0.39 is 6.61 Å². The van der Waals surface area contributed by atoms with Crippen molar-refractivity contribution in [1.82, 2.24) is 0 Å². The number of nitrogens with zero attached hydrogens (tertiary/aromatic N) is 2. The number of benzene rings is 2. The standard InChI is InChI=1S/C17H14F2N2O3/c1-22-16-8-12(6-7-15(16)24-17(18)19)10-21-23-11-14-5-3-2-4-13(14)9-20/h2-8,10,17H,11H2,1H3/b21-10+. The van der Waals surface area contributed by atoms with Gasteiger partial charge in [0.05, 0.1) is 25.0 Å². The Hall–Kier alpha value is -3.14. The highest BCUT2D eigenvalue weighted by molar-refractivity contribution is 5.80. The highest BCUT2D eigenvalue weighted by Gasteiger charge is 2.10. The minimum absolute atomic E-state index is 0.0616. The van der Waals surface area contributed by atoms with E-state index in [0.29, 0.717) is 11.1 Å². The minimum atomic E-state index is -2.93. The fourth-order valence-corrected chi connectivity index (χ4v) is 1.92. The van der Waals surface area contributed by atoms with E-state index in [-0.39, 0.29) is 18.1 Å². The molecule has 5 nitrogen and oxygen atoms in total. The summed E-state index contributed by atoms with van der Waals surface area (Å²) in [6.07, 6.45) is 1.41. The number of halogens is 2. The lowest BCUT2D eigenvalue weighted by Crippen LogP contribution is -2.03. The van der Waals surface area contributed by atoms with Crippen LogP contribution >= 0.6 is 0 Å². The summed E-state index contributed by atoms with van der Waals surface area (Å²) in [6.45, 7) is -2.79.